The summed E-state index contributed by atoms with van der Waals surface area (Å²) in [5, 5.41) is 14.2. The van der Waals surface area contributed by atoms with Crippen LogP contribution in [0.2, 0.25) is 10.2 Å². The van der Waals surface area contributed by atoms with E-state index in [1.54, 1.807) is 0 Å². The van der Waals surface area contributed by atoms with E-state index in [-0.39, 0.29) is 17.6 Å². The molecule has 1 aliphatic rings. The van der Waals surface area contributed by atoms with E-state index in [2.05, 4.69) is 79.3 Å². The number of hydrogen-bond acceptors (Lipinski definition) is 6. The molecule has 4 aromatic rings. The first kappa shape index (κ1) is 24.9. The van der Waals surface area contributed by atoms with Crippen molar-refractivity contribution in [2.75, 3.05) is 12.3 Å². The van der Waals surface area contributed by atoms with Crippen LogP contribution in [0, 0.1) is 0 Å². The molecule has 3 atom stereocenters. The van der Waals surface area contributed by atoms with Crippen molar-refractivity contribution < 1.29 is 14.3 Å². The van der Waals surface area contributed by atoms with Crippen molar-refractivity contribution >= 4 is 47.3 Å². The average Bonchev–Trinajstić information content (AvgIpc) is 3.43. The Labute approximate surface area is 217 Å². The number of halogens is 1. The fourth-order valence-corrected chi connectivity index (χ4v) is 10.1. The lowest BCUT2D eigenvalue weighted by atomic mass is 10.2. The third kappa shape index (κ3) is 4.33. The van der Waals surface area contributed by atoms with Crippen LogP contribution in [0.5, 0.6) is 0 Å². The zero-order valence-electron chi connectivity index (χ0n) is 20.6. The van der Waals surface area contributed by atoms with Gasteiger partial charge in [-0.1, -0.05) is 93.0 Å². The van der Waals surface area contributed by atoms with E-state index < -0.39 is 26.8 Å². The zero-order chi connectivity index (χ0) is 25.5. The predicted octanol–water partition coefficient (Wildman–Crippen LogP) is 3.89. The number of nitrogen functional groups attached to an aromatic ring is 1. The number of aliphatic hydroxyl groups excluding tert-OH is 1. The first-order valence-corrected chi connectivity index (χ1v) is 14.4. The number of ether oxygens (including phenoxy) is 1. The standard InChI is InChI=1S/C27H31ClN4O3Si/c1-27(2,3)36(18-10-6-4-7-11-18,19-12-8-5-9-13-19)34-17-22-21(33)16-23(35-22)32-15-14-20-24(28)30-26(29)31-25(20)32/h4-15,21-23,33H,16-17H2,1-3H3,(H2,29,30,31)/t21-,22-,23-/m1/s1. The van der Waals surface area contributed by atoms with Crippen molar-refractivity contribution in [3.8, 4) is 0 Å². The molecular weight excluding hydrogens is 492 g/mol. The monoisotopic (exact) mass is 522 g/mol. The van der Waals surface area contributed by atoms with Gasteiger partial charge in [0.2, 0.25) is 5.95 Å². The van der Waals surface area contributed by atoms with Crippen molar-refractivity contribution in [3.05, 3.63) is 78.1 Å². The first-order valence-electron chi connectivity index (χ1n) is 12.1. The fourth-order valence-electron chi connectivity index (χ4n) is 5.25. The van der Waals surface area contributed by atoms with Gasteiger partial charge in [-0.05, 0) is 21.5 Å². The van der Waals surface area contributed by atoms with E-state index in [1.165, 1.54) is 10.4 Å². The minimum absolute atomic E-state index is 0.0950. The number of aromatic nitrogens is 3. The molecule has 1 aliphatic heterocycles. The number of anilines is 1. The highest BCUT2D eigenvalue weighted by atomic mass is 35.5. The molecule has 0 spiro atoms. The summed E-state index contributed by atoms with van der Waals surface area (Å²) in [4.78, 5) is 8.37. The summed E-state index contributed by atoms with van der Waals surface area (Å²) >= 11 is 6.25. The Morgan fingerprint density at radius 3 is 2.25 bits per heavy atom. The molecule has 0 bridgehead atoms. The van der Waals surface area contributed by atoms with Gasteiger partial charge in [0, 0.05) is 12.6 Å². The highest BCUT2D eigenvalue weighted by molar-refractivity contribution is 6.99. The molecule has 2 aromatic carbocycles. The van der Waals surface area contributed by atoms with Crippen molar-refractivity contribution in [2.24, 2.45) is 0 Å². The minimum Gasteiger partial charge on any atom is -0.405 e. The SMILES string of the molecule is CC(C)(C)[Si](OC[C@H]1O[C@@H](n2ccc3c(Cl)nc(N)nc32)C[C@H]1O)(c1ccccc1)c1ccccc1. The quantitative estimate of drug-likeness (QED) is 0.294. The zero-order valence-corrected chi connectivity index (χ0v) is 22.4. The molecule has 188 valence electrons. The van der Waals surface area contributed by atoms with Crippen LogP contribution in [-0.2, 0) is 9.16 Å². The number of fused-ring (bicyclic) bond motifs is 1. The van der Waals surface area contributed by atoms with E-state index in [4.69, 9.17) is 26.5 Å². The maximum absolute atomic E-state index is 11.0. The van der Waals surface area contributed by atoms with Gasteiger partial charge in [0.25, 0.3) is 8.32 Å². The number of nitrogens with two attached hydrogens (primary N) is 1. The Hall–Kier alpha value is -2.75. The Balaban J connectivity index is 1.45. The number of nitrogens with zero attached hydrogens (tertiary/aromatic N) is 3. The highest BCUT2D eigenvalue weighted by Gasteiger charge is 2.51. The van der Waals surface area contributed by atoms with Gasteiger partial charge in [-0.15, -0.1) is 0 Å². The van der Waals surface area contributed by atoms with Crippen molar-refractivity contribution in [3.63, 3.8) is 0 Å². The summed E-state index contributed by atoms with van der Waals surface area (Å²) in [7, 11) is -2.75. The summed E-state index contributed by atoms with van der Waals surface area (Å²) in [5.41, 5.74) is 6.41. The van der Waals surface area contributed by atoms with Crippen molar-refractivity contribution in [1.29, 1.82) is 0 Å². The van der Waals surface area contributed by atoms with Gasteiger partial charge in [0.05, 0.1) is 18.1 Å². The topological polar surface area (TPSA) is 95.4 Å². The summed E-state index contributed by atoms with van der Waals surface area (Å²) in [5.74, 6) is 0.0950. The highest BCUT2D eigenvalue weighted by Crippen LogP contribution is 2.38. The molecule has 1 saturated heterocycles. The average molecular weight is 523 g/mol. The van der Waals surface area contributed by atoms with Crippen molar-refractivity contribution in [2.45, 2.75) is 50.7 Å². The van der Waals surface area contributed by atoms with Crippen LogP contribution in [0.4, 0.5) is 5.95 Å². The van der Waals surface area contributed by atoms with Crippen LogP contribution in [0.1, 0.15) is 33.4 Å². The van der Waals surface area contributed by atoms with Gasteiger partial charge in [0.15, 0.2) is 0 Å². The van der Waals surface area contributed by atoms with Crippen LogP contribution >= 0.6 is 11.6 Å². The molecule has 36 heavy (non-hydrogen) atoms. The van der Waals surface area contributed by atoms with E-state index in [9.17, 15) is 5.11 Å². The third-order valence-corrected chi connectivity index (χ3v) is 12.2. The molecule has 3 N–H and O–H groups in total. The van der Waals surface area contributed by atoms with E-state index >= 15 is 0 Å². The molecule has 5 rings (SSSR count). The first-order chi connectivity index (χ1) is 17.2. The molecular formula is C27H31ClN4O3Si. The Morgan fingerprint density at radius 1 is 1.06 bits per heavy atom. The van der Waals surface area contributed by atoms with Crippen molar-refractivity contribution in [1.82, 2.24) is 14.5 Å². The van der Waals surface area contributed by atoms with Gasteiger partial charge < -0.3 is 24.6 Å². The summed E-state index contributed by atoms with van der Waals surface area (Å²) in [6, 6.07) is 22.7. The second kappa shape index (κ2) is 9.61. The second-order valence-electron chi connectivity index (χ2n) is 10.2. The van der Waals surface area contributed by atoms with Gasteiger partial charge in [-0.25, -0.2) is 4.98 Å². The van der Waals surface area contributed by atoms with Crippen LogP contribution in [0.3, 0.4) is 0 Å². The van der Waals surface area contributed by atoms with Crippen LogP contribution in [0.25, 0.3) is 11.0 Å². The molecule has 7 nitrogen and oxygen atoms in total. The van der Waals surface area contributed by atoms with Gasteiger partial charge in [-0.3, -0.25) is 0 Å². The molecule has 1 fully saturated rings. The number of rotatable bonds is 6. The normalized spacial score (nSPS) is 20.8. The maximum atomic E-state index is 11.0. The lowest BCUT2D eigenvalue weighted by molar-refractivity contribution is -0.0397. The van der Waals surface area contributed by atoms with Gasteiger partial charge in [0.1, 0.15) is 23.1 Å². The van der Waals surface area contributed by atoms with Crippen LogP contribution < -0.4 is 16.1 Å². The largest absolute Gasteiger partial charge is 0.405 e. The molecule has 0 saturated carbocycles. The van der Waals surface area contributed by atoms with Crippen LogP contribution in [0.15, 0.2) is 72.9 Å². The number of benzene rings is 2. The lowest BCUT2D eigenvalue weighted by Gasteiger charge is -2.43. The smallest absolute Gasteiger partial charge is 0.261 e. The Kier molecular flexibility index (Phi) is 6.65. The summed E-state index contributed by atoms with van der Waals surface area (Å²) < 4.78 is 15.2. The predicted molar refractivity (Wildman–Crippen MR) is 145 cm³/mol. The molecule has 0 radical (unpaired) electrons. The molecule has 0 unspecified atom stereocenters. The summed E-state index contributed by atoms with van der Waals surface area (Å²) in [6.07, 6.45) is 0.632. The van der Waals surface area contributed by atoms with E-state index in [0.717, 1.165) is 0 Å². The number of hydrogen-bond donors (Lipinski definition) is 2. The molecule has 2 aromatic heterocycles. The maximum Gasteiger partial charge on any atom is 0.261 e. The fraction of sp³-hybridized carbons (Fsp3) is 0.333. The van der Waals surface area contributed by atoms with Gasteiger partial charge in [-0.2, -0.15) is 4.98 Å². The Bertz CT molecular complexity index is 1300. The molecule has 0 aliphatic carbocycles. The van der Waals surface area contributed by atoms with Gasteiger partial charge >= 0.3 is 0 Å². The van der Waals surface area contributed by atoms with E-state index in [0.29, 0.717) is 22.6 Å². The minimum atomic E-state index is -2.75. The second-order valence-corrected chi connectivity index (χ2v) is 14.9. The molecule has 0 amide bonds. The molecule has 9 heteroatoms. The molecule has 3 heterocycles. The summed E-state index contributed by atoms with van der Waals surface area (Å²) in [6.45, 7) is 6.96. The lowest BCUT2D eigenvalue weighted by Crippen LogP contribution is -2.67. The Morgan fingerprint density at radius 2 is 1.67 bits per heavy atom. The number of aliphatic hydroxyl groups is 1. The third-order valence-electron chi connectivity index (χ3n) is 6.94. The van der Waals surface area contributed by atoms with Crippen LogP contribution in [-0.4, -0.2) is 46.8 Å². The van der Waals surface area contributed by atoms with E-state index in [1.807, 2.05) is 29.0 Å².